The molecule has 0 aromatic rings. The summed E-state index contributed by atoms with van der Waals surface area (Å²) in [7, 11) is 0. The van der Waals surface area contributed by atoms with Crippen LogP contribution in [0.2, 0.25) is 0 Å². The van der Waals surface area contributed by atoms with E-state index in [2.05, 4.69) is 5.32 Å². The zero-order chi connectivity index (χ0) is 18.6. The molecule has 2 N–H and O–H groups in total. The van der Waals surface area contributed by atoms with Crippen molar-refractivity contribution in [1.29, 1.82) is 0 Å². The molecule has 24 heavy (non-hydrogen) atoms. The summed E-state index contributed by atoms with van der Waals surface area (Å²) in [5.74, 6) is -1.79. The Bertz CT molecular complexity index is 412. The zero-order valence-corrected chi connectivity index (χ0v) is 14.3. The monoisotopic (exact) mass is 352 g/mol. The van der Waals surface area contributed by atoms with E-state index in [1.807, 2.05) is 6.92 Å². The molecule has 0 bridgehead atoms. The minimum absolute atomic E-state index is 0.0473. The van der Waals surface area contributed by atoms with E-state index in [0.717, 1.165) is 19.3 Å². The van der Waals surface area contributed by atoms with E-state index in [1.54, 1.807) is 12.2 Å². The Hall–Kier alpha value is -1.60. The van der Waals surface area contributed by atoms with Crippen LogP contribution in [0.25, 0.3) is 0 Å². The maximum Gasteiger partial charge on any atom is 0.471 e. The number of carbonyl (C=O) groups is 3. The molecule has 2 amide bonds. The van der Waals surface area contributed by atoms with Crippen LogP contribution in [0, 0.1) is 5.92 Å². The Morgan fingerprint density at radius 2 is 1.50 bits per heavy atom. The minimum Gasteiger partial charge on any atom is -0.356 e. The maximum atomic E-state index is 11.9. The standard InChI is InChI=1S/C16H27F3N2O3/c1-12(13(2)22)8-5-7-10-20-14(23)9-4-3-6-11-21-15(24)16(17,18)19/h12H,3-11H2,1-2H3,(H,20,23)(H,21,24). The fourth-order valence-corrected chi connectivity index (χ4v) is 1.98. The van der Waals surface area contributed by atoms with Gasteiger partial charge in [-0.15, -0.1) is 0 Å². The molecule has 0 saturated carbocycles. The molecule has 0 aliphatic rings. The summed E-state index contributed by atoms with van der Waals surface area (Å²) in [6, 6.07) is 0. The van der Waals surface area contributed by atoms with Crippen LogP contribution in [0.3, 0.4) is 0 Å². The van der Waals surface area contributed by atoms with Crippen molar-refractivity contribution in [2.75, 3.05) is 13.1 Å². The third-order valence-electron chi connectivity index (χ3n) is 3.70. The molecule has 0 heterocycles. The number of rotatable bonds is 12. The Balaban J connectivity index is 3.48. The first kappa shape index (κ1) is 22.4. The fraction of sp³-hybridized carbons (Fsp3) is 0.812. The van der Waals surface area contributed by atoms with Gasteiger partial charge in [0.2, 0.25) is 5.91 Å². The number of amides is 2. The summed E-state index contributed by atoms with van der Waals surface area (Å²) in [4.78, 5) is 33.1. The minimum atomic E-state index is -4.85. The van der Waals surface area contributed by atoms with Gasteiger partial charge < -0.3 is 10.6 Å². The highest BCUT2D eigenvalue weighted by Gasteiger charge is 2.38. The molecule has 1 atom stereocenters. The Morgan fingerprint density at radius 1 is 0.917 bits per heavy atom. The predicted molar refractivity (Wildman–Crippen MR) is 84.2 cm³/mol. The molecule has 0 rings (SSSR count). The van der Waals surface area contributed by atoms with Crippen LogP contribution in [-0.2, 0) is 14.4 Å². The summed E-state index contributed by atoms with van der Waals surface area (Å²) >= 11 is 0. The van der Waals surface area contributed by atoms with Crippen molar-refractivity contribution >= 4 is 17.6 Å². The highest BCUT2D eigenvalue weighted by Crippen LogP contribution is 2.14. The van der Waals surface area contributed by atoms with E-state index in [4.69, 9.17) is 0 Å². The third-order valence-corrected chi connectivity index (χ3v) is 3.70. The summed E-state index contributed by atoms with van der Waals surface area (Å²) in [5.41, 5.74) is 0. The van der Waals surface area contributed by atoms with E-state index >= 15 is 0 Å². The van der Waals surface area contributed by atoms with Gasteiger partial charge in [-0.05, 0) is 32.6 Å². The Morgan fingerprint density at radius 3 is 2.08 bits per heavy atom. The number of carbonyl (C=O) groups excluding carboxylic acids is 3. The number of nitrogens with one attached hydrogen (secondary N) is 2. The van der Waals surface area contributed by atoms with E-state index < -0.39 is 12.1 Å². The van der Waals surface area contributed by atoms with Crippen LogP contribution in [0.4, 0.5) is 13.2 Å². The lowest BCUT2D eigenvalue weighted by atomic mass is 10.0. The summed E-state index contributed by atoms with van der Waals surface area (Å²) in [6.45, 7) is 3.97. The summed E-state index contributed by atoms with van der Waals surface area (Å²) < 4.78 is 35.7. The van der Waals surface area contributed by atoms with Gasteiger partial charge in [0.25, 0.3) is 0 Å². The van der Waals surface area contributed by atoms with Crippen LogP contribution < -0.4 is 10.6 Å². The van der Waals surface area contributed by atoms with Gasteiger partial charge in [0.15, 0.2) is 0 Å². The highest BCUT2D eigenvalue weighted by atomic mass is 19.4. The van der Waals surface area contributed by atoms with E-state index in [1.165, 1.54) is 0 Å². The van der Waals surface area contributed by atoms with Gasteiger partial charge in [-0.2, -0.15) is 13.2 Å². The normalized spacial score (nSPS) is 12.5. The maximum absolute atomic E-state index is 11.9. The van der Waals surface area contributed by atoms with Crippen LogP contribution in [0.1, 0.15) is 58.8 Å². The SMILES string of the molecule is CC(=O)C(C)CCCCNC(=O)CCCCCNC(=O)C(F)(F)F. The second kappa shape index (κ2) is 11.9. The number of ketones is 1. The van der Waals surface area contributed by atoms with E-state index in [9.17, 15) is 27.6 Å². The van der Waals surface area contributed by atoms with E-state index in [-0.39, 0.29) is 24.2 Å². The summed E-state index contributed by atoms with van der Waals surface area (Å²) in [5, 5.41) is 4.56. The first-order chi connectivity index (χ1) is 11.1. The van der Waals surface area contributed by atoms with Crippen molar-refractivity contribution in [3.05, 3.63) is 0 Å². The lowest BCUT2D eigenvalue weighted by molar-refractivity contribution is -0.173. The molecule has 140 valence electrons. The van der Waals surface area contributed by atoms with Crippen LogP contribution in [0.15, 0.2) is 0 Å². The molecule has 1 unspecified atom stereocenters. The van der Waals surface area contributed by atoms with Gasteiger partial charge in [-0.1, -0.05) is 19.8 Å². The van der Waals surface area contributed by atoms with Crippen molar-refractivity contribution in [1.82, 2.24) is 10.6 Å². The van der Waals surface area contributed by atoms with Gasteiger partial charge in [0.1, 0.15) is 5.78 Å². The molecule has 0 spiro atoms. The molecule has 0 fully saturated rings. The van der Waals surface area contributed by atoms with Crippen LogP contribution >= 0.6 is 0 Å². The van der Waals surface area contributed by atoms with Gasteiger partial charge in [-0.3, -0.25) is 14.4 Å². The second-order valence-electron chi connectivity index (χ2n) is 5.92. The number of Topliss-reactive ketones (excluding diaryl/α,β-unsaturated/α-hetero) is 1. The smallest absolute Gasteiger partial charge is 0.356 e. The van der Waals surface area contributed by atoms with Crippen LogP contribution in [-0.4, -0.2) is 36.9 Å². The molecular formula is C16H27F3N2O3. The number of alkyl halides is 3. The van der Waals surface area contributed by atoms with Gasteiger partial charge in [0, 0.05) is 25.4 Å². The molecule has 0 radical (unpaired) electrons. The quantitative estimate of drug-likeness (QED) is 0.530. The first-order valence-electron chi connectivity index (χ1n) is 8.26. The fourth-order valence-electron chi connectivity index (χ4n) is 1.98. The summed E-state index contributed by atoms with van der Waals surface area (Å²) in [6.07, 6.45) is -0.490. The van der Waals surface area contributed by atoms with Crippen molar-refractivity contribution in [2.24, 2.45) is 5.92 Å². The van der Waals surface area contributed by atoms with E-state index in [0.29, 0.717) is 32.2 Å². The predicted octanol–water partition coefficient (Wildman–Crippen LogP) is 2.74. The molecule has 5 nitrogen and oxygen atoms in total. The molecule has 0 aliphatic heterocycles. The van der Waals surface area contributed by atoms with Crippen molar-refractivity contribution in [2.45, 2.75) is 65.0 Å². The number of halogens is 3. The molecule has 8 heteroatoms. The van der Waals surface area contributed by atoms with Crippen LogP contribution in [0.5, 0.6) is 0 Å². The largest absolute Gasteiger partial charge is 0.471 e. The number of hydrogen-bond acceptors (Lipinski definition) is 3. The third kappa shape index (κ3) is 11.9. The van der Waals surface area contributed by atoms with Gasteiger partial charge in [0.05, 0.1) is 0 Å². The lowest BCUT2D eigenvalue weighted by Gasteiger charge is -2.08. The van der Waals surface area contributed by atoms with Crippen molar-refractivity contribution in [3.63, 3.8) is 0 Å². The average molecular weight is 352 g/mol. The van der Waals surface area contributed by atoms with Crippen molar-refractivity contribution < 1.29 is 27.6 Å². The second-order valence-corrected chi connectivity index (χ2v) is 5.92. The molecule has 0 saturated heterocycles. The Labute approximate surface area is 140 Å². The number of hydrogen-bond donors (Lipinski definition) is 2. The Kier molecular flexibility index (Phi) is 11.1. The number of unbranched alkanes of at least 4 members (excludes halogenated alkanes) is 3. The molecule has 0 aromatic carbocycles. The molecule has 0 aliphatic carbocycles. The molecular weight excluding hydrogens is 325 g/mol. The zero-order valence-electron chi connectivity index (χ0n) is 14.3. The highest BCUT2D eigenvalue weighted by molar-refractivity contribution is 5.81. The lowest BCUT2D eigenvalue weighted by Crippen LogP contribution is -2.37. The average Bonchev–Trinajstić information content (AvgIpc) is 2.48. The van der Waals surface area contributed by atoms with Gasteiger partial charge >= 0.3 is 12.1 Å². The first-order valence-corrected chi connectivity index (χ1v) is 8.26. The van der Waals surface area contributed by atoms with Crippen molar-refractivity contribution in [3.8, 4) is 0 Å². The topological polar surface area (TPSA) is 75.3 Å². The molecule has 0 aromatic heterocycles. The van der Waals surface area contributed by atoms with Gasteiger partial charge in [-0.25, -0.2) is 0 Å².